The van der Waals surface area contributed by atoms with Gasteiger partial charge in [-0.25, -0.2) is 9.67 Å². The van der Waals surface area contributed by atoms with Crippen LogP contribution in [0.1, 0.15) is 23.4 Å². The number of hydrogen-bond acceptors (Lipinski definition) is 4. The fourth-order valence-electron chi connectivity index (χ4n) is 3.09. The van der Waals surface area contributed by atoms with Gasteiger partial charge in [-0.05, 0) is 62.2 Å². The molecule has 7 heteroatoms. The summed E-state index contributed by atoms with van der Waals surface area (Å²) in [6, 6.07) is 15.7. The summed E-state index contributed by atoms with van der Waals surface area (Å²) in [4.78, 5) is 16.7. The number of fused-ring (bicyclic) bond motifs is 1. The van der Waals surface area contributed by atoms with Gasteiger partial charge in [0.1, 0.15) is 0 Å². The van der Waals surface area contributed by atoms with E-state index in [4.69, 9.17) is 11.6 Å². The molecule has 0 atom stereocenters. The van der Waals surface area contributed by atoms with Crippen LogP contribution in [0.25, 0.3) is 15.9 Å². The van der Waals surface area contributed by atoms with Gasteiger partial charge in [0.25, 0.3) is 0 Å². The summed E-state index contributed by atoms with van der Waals surface area (Å²) in [5.41, 5.74) is 5.06. The van der Waals surface area contributed by atoms with Crippen molar-refractivity contribution < 1.29 is 4.79 Å². The summed E-state index contributed by atoms with van der Waals surface area (Å²) in [5.74, 6) is -0.0484. The van der Waals surface area contributed by atoms with Gasteiger partial charge in [0, 0.05) is 17.1 Å². The molecule has 0 radical (unpaired) electrons. The second kappa shape index (κ2) is 7.73. The number of aromatic nitrogens is 3. The van der Waals surface area contributed by atoms with Crippen LogP contribution >= 0.6 is 22.9 Å². The van der Waals surface area contributed by atoms with Crippen LogP contribution in [-0.4, -0.2) is 20.7 Å². The monoisotopic (exact) mass is 410 g/mol. The highest BCUT2D eigenvalue weighted by Crippen LogP contribution is 2.28. The molecule has 0 unspecified atom stereocenters. The lowest BCUT2D eigenvalue weighted by Gasteiger charge is -2.06. The van der Waals surface area contributed by atoms with Crippen LogP contribution in [0.5, 0.6) is 0 Å². The first-order valence-corrected chi connectivity index (χ1v) is 10.2. The summed E-state index contributed by atoms with van der Waals surface area (Å²) < 4.78 is 2.88. The van der Waals surface area contributed by atoms with E-state index in [0.29, 0.717) is 23.0 Å². The summed E-state index contributed by atoms with van der Waals surface area (Å²) >= 11 is 7.42. The van der Waals surface area contributed by atoms with Crippen molar-refractivity contribution >= 4 is 44.2 Å². The van der Waals surface area contributed by atoms with E-state index in [1.165, 1.54) is 11.3 Å². The minimum Gasteiger partial charge on any atom is -0.302 e. The Morgan fingerprint density at radius 3 is 2.64 bits per heavy atom. The highest BCUT2D eigenvalue weighted by molar-refractivity contribution is 7.22. The third kappa shape index (κ3) is 4.08. The van der Waals surface area contributed by atoms with Crippen molar-refractivity contribution in [1.82, 2.24) is 14.8 Å². The maximum atomic E-state index is 12.3. The summed E-state index contributed by atoms with van der Waals surface area (Å²) in [7, 11) is 0. The molecule has 2 aromatic carbocycles. The molecule has 4 rings (SSSR count). The van der Waals surface area contributed by atoms with Crippen molar-refractivity contribution in [1.29, 1.82) is 0 Å². The molecule has 2 heterocycles. The maximum absolute atomic E-state index is 12.3. The molecular weight excluding hydrogens is 392 g/mol. The molecular formula is C21H19ClN4OS. The number of thiazole rings is 1. The number of anilines is 1. The van der Waals surface area contributed by atoms with Crippen LogP contribution in [0.15, 0.2) is 48.5 Å². The van der Waals surface area contributed by atoms with Crippen molar-refractivity contribution in [3.05, 3.63) is 70.5 Å². The van der Waals surface area contributed by atoms with Crippen LogP contribution in [0, 0.1) is 13.8 Å². The molecule has 1 amide bonds. The summed E-state index contributed by atoms with van der Waals surface area (Å²) in [6.07, 6.45) is 1.07. The number of rotatable bonds is 5. The molecule has 2 aromatic heterocycles. The van der Waals surface area contributed by atoms with Crippen LogP contribution in [0.2, 0.25) is 5.02 Å². The molecule has 0 saturated heterocycles. The van der Waals surface area contributed by atoms with E-state index >= 15 is 0 Å². The predicted molar refractivity (Wildman–Crippen MR) is 115 cm³/mol. The second-order valence-electron chi connectivity index (χ2n) is 6.68. The number of nitrogens with one attached hydrogen (secondary N) is 1. The molecule has 28 heavy (non-hydrogen) atoms. The van der Waals surface area contributed by atoms with Crippen LogP contribution in [0.4, 0.5) is 5.13 Å². The van der Waals surface area contributed by atoms with E-state index in [1.807, 2.05) is 61.0 Å². The largest absolute Gasteiger partial charge is 0.302 e. The fraction of sp³-hybridized carbons (Fsp3) is 0.190. The lowest BCUT2D eigenvalue weighted by Crippen LogP contribution is -2.12. The Bertz CT molecular complexity index is 1150. The molecule has 0 saturated carbocycles. The number of amides is 1. The molecule has 4 aromatic rings. The van der Waals surface area contributed by atoms with Gasteiger partial charge in [-0.15, -0.1) is 0 Å². The average Bonchev–Trinajstić information content (AvgIpc) is 3.21. The minimum atomic E-state index is -0.0484. The maximum Gasteiger partial charge on any atom is 0.226 e. The quantitative estimate of drug-likeness (QED) is 0.484. The lowest BCUT2D eigenvalue weighted by molar-refractivity contribution is -0.116. The Morgan fingerprint density at radius 1 is 1.14 bits per heavy atom. The van der Waals surface area contributed by atoms with E-state index in [0.717, 1.165) is 32.9 Å². The van der Waals surface area contributed by atoms with Crippen LogP contribution < -0.4 is 5.32 Å². The van der Waals surface area contributed by atoms with Crippen molar-refractivity contribution in [3.63, 3.8) is 0 Å². The Kier molecular flexibility index (Phi) is 5.15. The Labute approximate surface area is 172 Å². The topological polar surface area (TPSA) is 59.8 Å². The van der Waals surface area contributed by atoms with Gasteiger partial charge in [-0.2, -0.15) is 5.10 Å². The Hall–Kier alpha value is -2.70. The third-order valence-corrected chi connectivity index (χ3v) is 5.60. The van der Waals surface area contributed by atoms with E-state index in [2.05, 4.69) is 15.4 Å². The molecule has 5 nitrogen and oxygen atoms in total. The van der Waals surface area contributed by atoms with Gasteiger partial charge in [0.05, 0.1) is 21.6 Å². The third-order valence-electron chi connectivity index (χ3n) is 4.43. The van der Waals surface area contributed by atoms with Gasteiger partial charge in [0.2, 0.25) is 5.91 Å². The second-order valence-corrected chi connectivity index (χ2v) is 8.15. The van der Waals surface area contributed by atoms with Crippen LogP contribution in [-0.2, 0) is 11.2 Å². The number of benzene rings is 2. The number of hydrogen-bond donors (Lipinski definition) is 1. The van der Waals surface area contributed by atoms with E-state index in [9.17, 15) is 4.79 Å². The van der Waals surface area contributed by atoms with E-state index < -0.39 is 0 Å². The fourth-order valence-corrected chi connectivity index (χ4v) is 4.24. The zero-order valence-electron chi connectivity index (χ0n) is 15.6. The summed E-state index contributed by atoms with van der Waals surface area (Å²) in [5, 5.41) is 8.64. The Balaban J connectivity index is 1.37. The van der Waals surface area contributed by atoms with Gasteiger partial charge >= 0.3 is 0 Å². The number of aryl methyl sites for hydroxylation is 3. The molecule has 142 valence electrons. The predicted octanol–water partition coefficient (Wildman–Crippen LogP) is 5.32. The molecule has 0 aliphatic heterocycles. The first-order chi connectivity index (χ1) is 13.5. The molecule has 1 N–H and O–H groups in total. The molecule has 0 bridgehead atoms. The average molecular weight is 411 g/mol. The van der Waals surface area contributed by atoms with Gasteiger partial charge in [-0.3, -0.25) is 4.79 Å². The van der Waals surface area contributed by atoms with E-state index in [1.54, 1.807) is 6.07 Å². The van der Waals surface area contributed by atoms with Crippen molar-refractivity contribution in [2.75, 3.05) is 5.32 Å². The highest BCUT2D eigenvalue weighted by atomic mass is 35.5. The number of carbonyl (C=O) groups is 1. The standard InChI is InChI=1S/C21H19ClN4OS/c1-13-11-14(2)26(25-13)17-7-3-15(4-8-17)5-10-20(27)24-21-23-18-9-6-16(22)12-19(18)28-21/h3-4,6-9,11-12H,5,10H2,1-2H3,(H,23,24,27). The molecule has 0 aliphatic rings. The van der Waals surface area contributed by atoms with Gasteiger partial charge in [-0.1, -0.05) is 35.1 Å². The van der Waals surface area contributed by atoms with Crippen molar-refractivity contribution in [2.24, 2.45) is 0 Å². The van der Waals surface area contributed by atoms with Crippen LogP contribution in [0.3, 0.4) is 0 Å². The van der Waals surface area contributed by atoms with Crippen molar-refractivity contribution in [2.45, 2.75) is 26.7 Å². The number of halogens is 1. The summed E-state index contributed by atoms with van der Waals surface area (Å²) in [6.45, 7) is 4.02. The first-order valence-electron chi connectivity index (χ1n) is 8.96. The SMILES string of the molecule is Cc1cc(C)n(-c2ccc(CCC(=O)Nc3nc4ccc(Cl)cc4s3)cc2)n1. The number of nitrogens with zero attached hydrogens (tertiary/aromatic N) is 3. The normalized spacial score (nSPS) is 11.1. The molecule has 0 spiro atoms. The van der Waals surface area contributed by atoms with Gasteiger partial charge < -0.3 is 5.32 Å². The lowest BCUT2D eigenvalue weighted by atomic mass is 10.1. The highest BCUT2D eigenvalue weighted by Gasteiger charge is 2.09. The molecule has 0 fully saturated rings. The number of carbonyl (C=O) groups excluding carboxylic acids is 1. The van der Waals surface area contributed by atoms with E-state index in [-0.39, 0.29) is 5.91 Å². The zero-order valence-corrected chi connectivity index (χ0v) is 17.1. The first kappa shape index (κ1) is 18.7. The van der Waals surface area contributed by atoms with Gasteiger partial charge in [0.15, 0.2) is 5.13 Å². The molecule has 0 aliphatic carbocycles. The minimum absolute atomic E-state index is 0.0484. The smallest absolute Gasteiger partial charge is 0.226 e. The van der Waals surface area contributed by atoms with Crippen molar-refractivity contribution in [3.8, 4) is 5.69 Å². The Morgan fingerprint density at radius 2 is 1.93 bits per heavy atom. The zero-order chi connectivity index (χ0) is 19.7.